The number of allylic oxidation sites excluding steroid dienone is 4. The summed E-state index contributed by atoms with van der Waals surface area (Å²) in [5, 5.41) is 3.51. The molecule has 1 aromatic rings. The van der Waals surface area contributed by atoms with E-state index in [9.17, 15) is 4.79 Å². The normalized spacial score (nSPS) is 34.0. The third-order valence-electron chi connectivity index (χ3n) is 4.87. The van der Waals surface area contributed by atoms with E-state index in [4.69, 9.17) is 0 Å². The number of halogens is 1. The fourth-order valence-electron chi connectivity index (χ4n) is 3.99. The lowest BCUT2D eigenvalue weighted by atomic mass is 9.84. The van der Waals surface area contributed by atoms with E-state index in [1.807, 2.05) is 18.2 Å². The average molecular weight is 330 g/mol. The van der Waals surface area contributed by atoms with Gasteiger partial charge in [-0.1, -0.05) is 42.5 Å². The Morgan fingerprint density at radius 3 is 2.55 bits per heavy atom. The summed E-state index contributed by atoms with van der Waals surface area (Å²) in [5.41, 5.74) is 2.37. The molecule has 1 fully saturated rings. The van der Waals surface area contributed by atoms with Gasteiger partial charge in [0.25, 0.3) is 0 Å². The molecule has 102 valence electrons. The van der Waals surface area contributed by atoms with Gasteiger partial charge in [0.2, 0.25) is 0 Å². The number of benzene rings is 1. The molecule has 1 N–H and O–H groups in total. The van der Waals surface area contributed by atoms with E-state index >= 15 is 0 Å². The van der Waals surface area contributed by atoms with E-state index in [2.05, 4.69) is 45.5 Å². The summed E-state index contributed by atoms with van der Waals surface area (Å²) in [7, 11) is 0. The lowest BCUT2D eigenvalue weighted by Crippen LogP contribution is -2.26. The molecule has 0 aliphatic heterocycles. The highest BCUT2D eigenvalue weighted by atomic mass is 79.9. The molecule has 0 aromatic heterocycles. The number of fused-ring (bicyclic) bond motifs is 5. The van der Waals surface area contributed by atoms with Crippen molar-refractivity contribution >= 4 is 21.7 Å². The van der Waals surface area contributed by atoms with E-state index in [1.54, 1.807) is 0 Å². The van der Waals surface area contributed by atoms with Gasteiger partial charge in [0.05, 0.1) is 4.48 Å². The Kier molecular flexibility index (Phi) is 2.84. The molecule has 2 nitrogen and oxygen atoms in total. The van der Waals surface area contributed by atoms with Crippen LogP contribution in [0.3, 0.4) is 0 Å². The number of nitrogens with one attached hydrogen (secondary N) is 1. The van der Waals surface area contributed by atoms with Gasteiger partial charge in [0.1, 0.15) is 0 Å². The Labute approximate surface area is 127 Å². The summed E-state index contributed by atoms with van der Waals surface area (Å²) >= 11 is 3.52. The van der Waals surface area contributed by atoms with Crippen molar-refractivity contribution in [3.8, 4) is 0 Å². The van der Waals surface area contributed by atoms with E-state index in [0.29, 0.717) is 23.5 Å². The lowest BCUT2D eigenvalue weighted by molar-refractivity contribution is -0.119. The molecule has 0 spiro atoms. The van der Waals surface area contributed by atoms with Crippen LogP contribution in [0.15, 0.2) is 52.7 Å². The highest BCUT2D eigenvalue weighted by Crippen LogP contribution is 2.56. The second kappa shape index (κ2) is 4.59. The van der Waals surface area contributed by atoms with Crippen molar-refractivity contribution in [1.29, 1.82) is 0 Å². The van der Waals surface area contributed by atoms with Crippen LogP contribution in [0.1, 0.15) is 12.0 Å². The number of hydrogen-bond acceptors (Lipinski definition) is 2. The summed E-state index contributed by atoms with van der Waals surface area (Å²) < 4.78 is 0.779. The van der Waals surface area contributed by atoms with Crippen molar-refractivity contribution in [2.45, 2.75) is 13.0 Å². The van der Waals surface area contributed by atoms with Crippen LogP contribution in [0.2, 0.25) is 0 Å². The first kappa shape index (κ1) is 12.4. The highest BCUT2D eigenvalue weighted by Gasteiger charge is 2.54. The quantitative estimate of drug-likeness (QED) is 0.861. The molecule has 0 unspecified atom stereocenters. The van der Waals surface area contributed by atoms with Crippen LogP contribution >= 0.6 is 15.9 Å². The van der Waals surface area contributed by atoms with Crippen LogP contribution in [0, 0.1) is 23.7 Å². The fourth-order valence-corrected chi connectivity index (χ4v) is 4.66. The summed E-state index contributed by atoms with van der Waals surface area (Å²) in [6.07, 6.45) is 5.69. The van der Waals surface area contributed by atoms with Gasteiger partial charge in [-0.15, -0.1) is 0 Å². The Balaban J connectivity index is 1.58. The predicted molar refractivity (Wildman–Crippen MR) is 82.0 cm³/mol. The maximum atomic E-state index is 12.4. The van der Waals surface area contributed by atoms with Crippen molar-refractivity contribution < 1.29 is 4.79 Å². The van der Waals surface area contributed by atoms with Crippen LogP contribution in [0.5, 0.6) is 0 Å². The molecule has 3 heteroatoms. The third-order valence-corrected chi connectivity index (χ3v) is 5.69. The number of carbonyl (C=O) groups excluding carboxylic acids is 1. The van der Waals surface area contributed by atoms with Crippen LogP contribution in [0.4, 0.5) is 0 Å². The Bertz CT molecular complexity index is 619. The largest absolute Gasteiger partial charge is 0.383 e. The van der Waals surface area contributed by atoms with E-state index in [-0.39, 0.29) is 5.92 Å². The molecule has 1 saturated carbocycles. The topological polar surface area (TPSA) is 29.1 Å². The van der Waals surface area contributed by atoms with Gasteiger partial charge in [-0.3, -0.25) is 4.79 Å². The molecule has 0 radical (unpaired) electrons. The third kappa shape index (κ3) is 1.72. The van der Waals surface area contributed by atoms with Gasteiger partial charge >= 0.3 is 0 Å². The van der Waals surface area contributed by atoms with Gasteiger partial charge < -0.3 is 5.32 Å². The summed E-state index contributed by atoms with van der Waals surface area (Å²) in [6.45, 7) is 0.781. The molecule has 20 heavy (non-hydrogen) atoms. The molecule has 1 aromatic carbocycles. The lowest BCUT2D eigenvalue weighted by Gasteiger charge is -2.23. The molecular formula is C17H16BrNO. The molecule has 0 saturated heterocycles. The first-order chi connectivity index (χ1) is 9.75. The minimum Gasteiger partial charge on any atom is -0.383 e. The van der Waals surface area contributed by atoms with Crippen LogP contribution in [-0.2, 0) is 11.3 Å². The van der Waals surface area contributed by atoms with Crippen molar-refractivity contribution in [1.82, 2.24) is 5.32 Å². The molecule has 0 amide bonds. The zero-order chi connectivity index (χ0) is 13.7. The number of hydrogen-bond donors (Lipinski definition) is 1. The molecular weight excluding hydrogens is 314 g/mol. The second-order valence-electron chi connectivity index (χ2n) is 5.93. The monoisotopic (exact) mass is 329 g/mol. The van der Waals surface area contributed by atoms with E-state index in [0.717, 1.165) is 23.1 Å². The minimum absolute atomic E-state index is 0.178. The van der Waals surface area contributed by atoms with Gasteiger partial charge in [0.15, 0.2) is 5.78 Å². The summed E-state index contributed by atoms with van der Waals surface area (Å²) in [4.78, 5) is 12.4. The van der Waals surface area contributed by atoms with Crippen molar-refractivity contribution in [2.24, 2.45) is 23.7 Å². The van der Waals surface area contributed by atoms with Gasteiger partial charge in [-0.2, -0.15) is 0 Å². The van der Waals surface area contributed by atoms with Crippen LogP contribution in [-0.4, -0.2) is 5.78 Å². The van der Waals surface area contributed by atoms with Crippen molar-refractivity contribution in [3.05, 3.63) is 58.2 Å². The van der Waals surface area contributed by atoms with Crippen molar-refractivity contribution in [3.63, 3.8) is 0 Å². The van der Waals surface area contributed by atoms with E-state index < -0.39 is 0 Å². The molecule has 0 heterocycles. The summed E-state index contributed by atoms with van der Waals surface area (Å²) in [6, 6.07) is 10.3. The fraction of sp³-hybridized carbons (Fsp3) is 0.353. The van der Waals surface area contributed by atoms with Gasteiger partial charge in [-0.05, 0) is 39.8 Å². The number of Topliss-reactive ketones (excluding diaryl/α,β-unsaturated/α-hetero) is 1. The minimum atomic E-state index is 0.178. The van der Waals surface area contributed by atoms with Gasteiger partial charge in [0, 0.05) is 24.1 Å². The number of carbonyl (C=O) groups is 1. The zero-order valence-electron chi connectivity index (χ0n) is 11.1. The Hall–Kier alpha value is -1.35. The predicted octanol–water partition coefficient (Wildman–Crippen LogP) is 3.40. The smallest absolute Gasteiger partial charge is 0.175 e. The second-order valence-corrected chi connectivity index (χ2v) is 6.72. The summed E-state index contributed by atoms with van der Waals surface area (Å²) in [5.74, 6) is 1.85. The van der Waals surface area contributed by atoms with E-state index in [1.165, 1.54) is 5.56 Å². The molecule has 4 rings (SSSR count). The Morgan fingerprint density at radius 2 is 1.80 bits per heavy atom. The molecule has 2 bridgehead atoms. The number of rotatable bonds is 3. The number of ketones is 1. The zero-order valence-corrected chi connectivity index (χ0v) is 12.6. The molecule has 3 aliphatic rings. The van der Waals surface area contributed by atoms with Gasteiger partial charge in [-0.25, -0.2) is 0 Å². The molecule has 4 atom stereocenters. The standard InChI is InChI=1S/C17H16BrNO/c18-15-16(19-9-10-4-2-1-3-5-10)13-11-6-7-12(8-11)14(13)17(15)20/h1-7,11-14,19H,8-9H2/t11-,12+,13-,14+/m0/s1. The first-order valence-electron chi connectivity index (χ1n) is 7.15. The van der Waals surface area contributed by atoms with Crippen molar-refractivity contribution in [2.75, 3.05) is 0 Å². The van der Waals surface area contributed by atoms with Crippen LogP contribution in [0.25, 0.3) is 0 Å². The van der Waals surface area contributed by atoms with Crippen LogP contribution < -0.4 is 5.32 Å². The Morgan fingerprint density at radius 1 is 1.10 bits per heavy atom. The SMILES string of the molecule is O=C1C(Br)=C(NCc2ccccc2)[C@@H]2[C@H]1[C@@H]1C=C[C@H]2C1. The highest BCUT2D eigenvalue weighted by molar-refractivity contribution is 9.12. The first-order valence-corrected chi connectivity index (χ1v) is 7.95. The average Bonchev–Trinajstić information content (AvgIpc) is 3.14. The maximum Gasteiger partial charge on any atom is 0.175 e. The molecule has 3 aliphatic carbocycles. The maximum absolute atomic E-state index is 12.4.